The number of rotatable bonds is 4. The van der Waals surface area contributed by atoms with E-state index in [9.17, 15) is 14.0 Å². The van der Waals surface area contributed by atoms with E-state index < -0.39 is 0 Å². The second-order valence-electron chi connectivity index (χ2n) is 7.68. The maximum Gasteiger partial charge on any atom is 0.271 e. The molecule has 2 aromatic rings. The van der Waals surface area contributed by atoms with Gasteiger partial charge in [0.15, 0.2) is 0 Å². The van der Waals surface area contributed by atoms with E-state index >= 15 is 0 Å². The van der Waals surface area contributed by atoms with Crippen LogP contribution in [-0.4, -0.2) is 34.5 Å². The number of likely N-dealkylation sites (tertiary alicyclic amines) is 1. The first kappa shape index (κ1) is 19.0. The van der Waals surface area contributed by atoms with Crippen LogP contribution in [-0.2, 0) is 7.05 Å². The van der Waals surface area contributed by atoms with Gasteiger partial charge in [-0.15, -0.1) is 0 Å². The summed E-state index contributed by atoms with van der Waals surface area (Å²) in [5, 5.41) is 3.32. The summed E-state index contributed by atoms with van der Waals surface area (Å²) in [4.78, 5) is 27.2. The Kier molecular flexibility index (Phi) is 5.15. The molecule has 0 atom stereocenters. The van der Waals surface area contributed by atoms with Crippen LogP contribution in [0.5, 0.6) is 0 Å². The van der Waals surface area contributed by atoms with Crippen LogP contribution in [0.15, 0.2) is 35.3 Å². The second-order valence-corrected chi connectivity index (χ2v) is 8.06. The first-order valence-electron chi connectivity index (χ1n) is 9.64. The number of carbonyl (C=O) groups is 1. The molecule has 1 aromatic heterocycles. The predicted octanol–water partition coefficient (Wildman–Crippen LogP) is 3.77. The van der Waals surface area contributed by atoms with Crippen molar-refractivity contribution in [3.8, 4) is 0 Å². The highest BCUT2D eigenvalue weighted by Crippen LogP contribution is 2.33. The lowest BCUT2D eigenvalue weighted by atomic mass is 9.89. The zero-order valence-corrected chi connectivity index (χ0v) is 16.5. The summed E-state index contributed by atoms with van der Waals surface area (Å²) in [5.41, 5.74) is 1.70. The SMILES string of the molecule is Cn1cc(C(=O)N2CCC(c3ccc(F)cc3)CC2)c(NC2CC2)c(Cl)c1=O. The van der Waals surface area contributed by atoms with E-state index in [0.717, 1.165) is 31.2 Å². The van der Waals surface area contributed by atoms with Gasteiger partial charge in [-0.25, -0.2) is 4.39 Å². The minimum absolute atomic E-state index is 0.0708. The van der Waals surface area contributed by atoms with E-state index in [-0.39, 0.29) is 28.3 Å². The number of halogens is 2. The fraction of sp³-hybridized carbons (Fsp3) is 0.429. The number of amides is 1. The third-order valence-electron chi connectivity index (χ3n) is 5.60. The summed E-state index contributed by atoms with van der Waals surface area (Å²) in [6.45, 7) is 1.23. The molecule has 0 bridgehead atoms. The van der Waals surface area contributed by atoms with Crippen LogP contribution in [0.1, 0.15) is 47.5 Å². The van der Waals surface area contributed by atoms with Crippen molar-refractivity contribution < 1.29 is 9.18 Å². The number of carbonyl (C=O) groups excluding carboxylic acids is 1. The van der Waals surface area contributed by atoms with Gasteiger partial charge in [0.1, 0.15) is 10.8 Å². The summed E-state index contributed by atoms with van der Waals surface area (Å²) in [6.07, 6.45) is 5.25. The Balaban J connectivity index is 1.52. The molecule has 148 valence electrons. The molecule has 0 unspecified atom stereocenters. The Bertz CT molecular complexity index is 945. The predicted molar refractivity (Wildman–Crippen MR) is 108 cm³/mol. The molecule has 5 nitrogen and oxygen atoms in total. The first-order chi connectivity index (χ1) is 13.4. The zero-order chi connectivity index (χ0) is 19.8. The van der Waals surface area contributed by atoms with E-state index in [0.29, 0.717) is 30.3 Å². The molecule has 1 aliphatic carbocycles. The number of benzene rings is 1. The van der Waals surface area contributed by atoms with Crippen molar-refractivity contribution in [3.63, 3.8) is 0 Å². The van der Waals surface area contributed by atoms with E-state index in [1.54, 1.807) is 13.2 Å². The van der Waals surface area contributed by atoms with Gasteiger partial charge in [-0.05, 0) is 49.3 Å². The molecule has 4 rings (SSSR count). The van der Waals surface area contributed by atoms with Gasteiger partial charge < -0.3 is 14.8 Å². The van der Waals surface area contributed by atoms with Crippen LogP contribution in [0.2, 0.25) is 5.02 Å². The standard InChI is InChI=1S/C21H23ClFN3O2/c1-25-12-17(19(18(22)21(25)28)24-16-6-7-16)20(27)26-10-8-14(9-11-26)13-2-4-15(23)5-3-13/h2-5,12,14,16,24H,6-11H2,1H3. The van der Waals surface area contributed by atoms with Gasteiger partial charge in [0.05, 0.1) is 11.3 Å². The van der Waals surface area contributed by atoms with Crippen molar-refractivity contribution in [1.29, 1.82) is 0 Å². The van der Waals surface area contributed by atoms with Crippen LogP contribution in [0, 0.1) is 5.82 Å². The van der Waals surface area contributed by atoms with Crippen molar-refractivity contribution in [1.82, 2.24) is 9.47 Å². The minimum Gasteiger partial charge on any atom is -0.380 e. The lowest BCUT2D eigenvalue weighted by Crippen LogP contribution is -2.39. The normalized spacial score (nSPS) is 17.6. The highest BCUT2D eigenvalue weighted by molar-refractivity contribution is 6.34. The second kappa shape index (κ2) is 7.59. The van der Waals surface area contributed by atoms with Crippen molar-refractivity contribution in [2.24, 2.45) is 7.05 Å². The van der Waals surface area contributed by atoms with Crippen molar-refractivity contribution in [3.05, 3.63) is 62.8 Å². The molecule has 28 heavy (non-hydrogen) atoms. The van der Waals surface area contributed by atoms with Crippen molar-refractivity contribution in [2.75, 3.05) is 18.4 Å². The average Bonchev–Trinajstić information content (AvgIpc) is 3.53. The molecular weight excluding hydrogens is 381 g/mol. The maximum atomic E-state index is 13.2. The largest absolute Gasteiger partial charge is 0.380 e. The first-order valence-corrected chi connectivity index (χ1v) is 10.0. The lowest BCUT2D eigenvalue weighted by Gasteiger charge is -2.33. The Labute approximate surface area is 168 Å². The van der Waals surface area contributed by atoms with Crippen LogP contribution >= 0.6 is 11.6 Å². The maximum absolute atomic E-state index is 13.2. The summed E-state index contributed by atoms with van der Waals surface area (Å²) < 4.78 is 14.5. The summed E-state index contributed by atoms with van der Waals surface area (Å²) >= 11 is 6.28. The minimum atomic E-state index is -0.309. The number of hydrogen-bond donors (Lipinski definition) is 1. The van der Waals surface area contributed by atoms with Crippen LogP contribution in [0.25, 0.3) is 0 Å². The zero-order valence-electron chi connectivity index (χ0n) is 15.8. The Hall–Kier alpha value is -2.34. The van der Waals surface area contributed by atoms with Crippen LogP contribution in [0.4, 0.5) is 10.1 Å². The Morgan fingerprint density at radius 3 is 2.39 bits per heavy atom. The van der Waals surface area contributed by atoms with Gasteiger partial charge in [0.25, 0.3) is 11.5 Å². The number of aryl methyl sites for hydroxylation is 1. The van der Waals surface area contributed by atoms with Crippen LogP contribution < -0.4 is 10.9 Å². The molecule has 1 aromatic carbocycles. The quantitative estimate of drug-likeness (QED) is 0.845. The monoisotopic (exact) mass is 403 g/mol. The number of anilines is 1. The van der Waals surface area contributed by atoms with Gasteiger partial charge in [-0.1, -0.05) is 23.7 Å². The molecule has 2 fully saturated rings. The number of aromatic nitrogens is 1. The average molecular weight is 404 g/mol. The highest BCUT2D eigenvalue weighted by atomic mass is 35.5. The fourth-order valence-electron chi connectivity index (χ4n) is 3.75. The van der Waals surface area contributed by atoms with Crippen molar-refractivity contribution in [2.45, 2.75) is 37.6 Å². The summed E-state index contributed by atoms with van der Waals surface area (Å²) in [7, 11) is 1.60. The van der Waals surface area contributed by atoms with Gasteiger partial charge in [0.2, 0.25) is 0 Å². The number of hydrogen-bond acceptors (Lipinski definition) is 3. The molecule has 1 amide bonds. The molecule has 0 spiro atoms. The molecule has 1 saturated carbocycles. The molecule has 2 aliphatic rings. The Morgan fingerprint density at radius 1 is 1.14 bits per heavy atom. The van der Waals surface area contributed by atoms with Gasteiger partial charge >= 0.3 is 0 Å². The molecule has 0 radical (unpaired) electrons. The number of nitrogens with zero attached hydrogens (tertiary/aromatic N) is 2. The molecule has 1 saturated heterocycles. The molecule has 1 aliphatic heterocycles. The highest BCUT2D eigenvalue weighted by Gasteiger charge is 2.30. The van der Waals surface area contributed by atoms with Crippen LogP contribution in [0.3, 0.4) is 0 Å². The number of pyridine rings is 1. The number of nitrogens with one attached hydrogen (secondary N) is 1. The summed E-state index contributed by atoms with van der Waals surface area (Å²) in [6, 6.07) is 6.88. The van der Waals surface area contributed by atoms with Gasteiger partial charge in [0, 0.05) is 32.4 Å². The van der Waals surface area contributed by atoms with E-state index in [1.807, 2.05) is 17.0 Å². The number of piperidine rings is 1. The molecule has 7 heteroatoms. The molecule has 1 N–H and O–H groups in total. The fourth-order valence-corrected chi connectivity index (χ4v) is 4.04. The topological polar surface area (TPSA) is 54.3 Å². The molecular formula is C21H23ClFN3O2. The smallest absolute Gasteiger partial charge is 0.271 e. The van der Waals surface area contributed by atoms with Crippen molar-refractivity contribution >= 4 is 23.2 Å². The lowest BCUT2D eigenvalue weighted by molar-refractivity contribution is 0.0713. The van der Waals surface area contributed by atoms with E-state index in [4.69, 9.17) is 11.6 Å². The summed E-state index contributed by atoms with van der Waals surface area (Å²) in [5.74, 6) is -0.0331. The van der Waals surface area contributed by atoms with Gasteiger partial charge in [-0.2, -0.15) is 0 Å². The van der Waals surface area contributed by atoms with E-state index in [1.165, 1.54) is 16.7 Å². The third kappa shape index (κ3) is 3.78. The van der Waals surface area contributed by atoms with Gasteiger partial charge in [-0.3, -0.25) is 9.59 Å². The van der Waals surface area contributed by atoms with E-state index in [2.05, 4.69) is 5.32 Å². The Morgan fingerprint density at radius 2 is 1.79 bits per heavy atom. The molecule has 2 heterocycles. The third-order valence-corrected chi connectivity index (χ3v) is 5.95.